The zero-order valence-electron chi connectivity index (χ0n) is 19.0. The molecule has 6 heteroatoms. The van der Waals surface area contributed by atoms with Crippen molar-refractivity contribution in [3.05, 3.63) is 84.6 Å². The first kappa shape index (κ1) is 21.1. The fourth-order valence-corrected chi connectivity index (χ4v) is 4.62. The maximum atomic E-state index is 12.8. The number of imidazole rings is 1. The number of benzene rings is 2. The van der Waals surface area contributed by atoms with Crippen molar-refractivity contribution < 1.29 is 9.53 Å². The standard InChI is InChI=1S/C27H28N4O2/c1-20-18-30(19-28-20)25-9-7-21(17-26(25)33-2)8-10-27(32)29-14-12-23(13-15-29)31-16-11-22-5-3-4-6-24(22)31/h3-11,16-19,23H,12-15H2,1-2H3/b10-8+. The molecule has 33 heavy (non-hydrogen) atoms. The van der Waals surface area contributed by atoms with Crippen molar-refractivity contribution in [2.45, 2.75) is 25.8 Å². The van der Waals surface area contributed by atoms with Gasteiger partial charge in [0.05, 0.1) is 24.8 Å². The number of methoxy groups -OCH3 is 1. The molecule has 0 bridgehead atoms. The number of aryl methyl sites for hydroxylation is 1. The third kappa shape index (κ3) is 4.29. The molecule has 3 heterocycles. The van der Waals surface area contributed by atoms with Crippen molar-refractivity contribution in [1.29, 1.82) is 0 Å². The van der Waals surface area contributed by atoms with E-state index in [0.717, 1.165) is 48.6 Å². The molecule has 0 unspecified atom stereocenters. The minimum atomic E-state index is 0.0547. The number of rotatable bonds is 5. The van der Waals surface area contributed by atoms with Crippen LogP contribution in [0.4, 0.5) is 0 Å². The number of para-hydroxylation sites is 1. The molecule has 2 aromatic heterocycles. The molecule has 168 valence electrons. The first-order chi connectivity index (χ1) is 16.1. The molecule has 0 spiro atoms. The molecule has 2 aromatic carbocycles. The Bertz CT molecular complexity index is 1310. The highest BCUT2D eigenvalue weighted by Crippen LogP contribution is 2.28. The molecule has 1 saturated heterocycles. The van der Waals surface area contributed by atoms with Gasteiger partial charge in [-0.25, -0.2) is 4.98 Å². The Morgan fingerprint density at radius 2 is 1.94 bits per heavy atom. The van der Waals surface area contributed by atoms with Gasteiger partial charge in [0.2, 0.25) is 5.91 Å². The number of fused-ring (bicyclic) bond motifs is 1. The van der Waals surface area contributed by atoms with E-state index >= 15 is 0 Å². The zero-order valence-corrected chi connectivity index (χ0v) is 19.0. The second-order valence-corrected chi connectivity index (χ2v) is 8.53. The average molecular weight is 441 g/mol. The topological polar surface area (TPSA) is 52.3 Å². The van der Waals surface area contributed by atoms with E-state index < -0.39 is 0 Å². The number of carbonyl (C=O) groups excluding carboxylic acids is 1. The van der Waals surface area contributed by atoms with E-state index in [1.54, 1.807) is 19.5 Å². The summed E-state index contributed by atoms with van der Waals surface area (Å²) >= 11 is 0. The van der Waals surface area contributed by atoms with E-state index in [9.17, 15) is 4.79 Å². The van der Waals surface area contributed by atoms with E-state index in [1.165, 1.54) is 10.9 Å². The lowest BCUT2D eigenvalue weighted by molar-refractivity contribution is -0.127. The highest BCUT2D eigenvalue weighted by molar-refractivity contribution is 5.92. The van der Waals surface area contributed by atoms with Crippen LogP contribution in [0.5, 0.6) is 5.75 Å². The van der Waals surface area contributed by atoms with Crippen molar-refractivity contribution in [2.24, 2.45) is 0 Å². The van der Waals surface area contributed by atoms with Crippen molar-refractivity contribution >= 4 is 22.9 Å². The van der Waals surface area contributed by atoms with Crippen LogP contribution in [-0.2, 0) is 4.79 Å². The minimum Gasteiger partial charge on any atom is -0.495 e. The smallest absolute Gasteiger partial charge is 0.246 e. The highest BCUT2D eigenvalue weighted by Gasteiger charge is 2.23. The molecule has 4 aromatic rings. The van der Waals surface area contributed by atoms with Crippen LogP contribution < -0.4 is 4.74 Å². The molecule has 1 amide bonds. The van der Waals surface area contributed by atoms with E-state index in [1.807, 2.05) is 46.9 Å². The fraction of sp³-hybridized carbons (Fsp3) is 0.259. The lowest BCUT2D eigenvalue weighted by Gasteiger charge is -2.32. The van der Waals surface area contributed by atoms with E-state index in [-0.39, 0.29) is 5.91 Å². The summed E-state index contributed by atoms with van der Waals surface area (Å²) in [6.45, 7) is 3.49. The lowest BCUT2D eigenvalue weighted by atomic mass is 10.0. The second-order valence-electron chi connectivity index (χ2n) is 8.53. The van der Waals surface area contributed by atoms with E-state index in [4.69, 9.17) is 4.74 Å². The van der Waals surface area contributed by atoms with Crippen molar-refractivity contribution in [3.8, 4) is 11.4 Å². The summed E-state index contributed by atoms with van der Waals surface area (Å²) in [4.78, 5) is 19.0. The summed E-state index contributed by atoms with van der Waals surface area (Å²) in [6.07, 6.45) is 11.4. The van der Waals surface area contributed by atoms with Crippen molar-refractivity contribution in [2.75, 3.05) is 20.2 Å². The van der Waals surface area contributed by atoms with Crippen LogP contribution in [0.2, 0.25) is 0 Å². The van der Waals surface area contributed by atoms with Crippen LogP contribution in [0.3, 0.4) is 0 Å². The van der Waals surface area contributed by atoms with Crippen LogP contribution in [0.15, 0.2) is 73.3 Å². The summed E-state index contributed by atoms with van der Waals surface area (Å²) in [7, 11) is 1.65. The van der Waals surface area contributed by atoms with Gasteiger partial charge in [0, 0.05) is 43.1 Å². The van der Waals surface area contributed by atoms with Gasteiger partial charge in [-0.15, -0.1) is 0 Å². The van der Waals surface area contributed by atoms with Gasteiger partial charge in [-0.3, -0.25) is 4.79 Å². The Hall–Kier alpha value is -3.80. The second kappa shape index (κ2) is 8.98. The van der Waals surface area contributed by atoms with Gasteiger partial charge in [0.15, 0.2) is 0 Å². The van der Waals surface area contributed by atoms with Gasteiger partial charge in [-0.1, -0.05) is 24.3 Å². The number of hydrogen-bond acceptors (Lipinski definition) is 3. The number of hydrogen-bond donors (Lipinski definition) is 0. The molecular formula is C27H28N4O2. The molecule has 0 aliphatic carbocycles. The largest absolute Gasteiger partial charge is 0.495 e. The van der Waals surface area contributed by atoms with E-state index in [2.05, 4.69) is 46.1 Å². The molecule has 1 fully saturated rings. The zero-order chi connectivity index (χ0) is 22.8. The number of piperidine rings is 1. The number of ether oxygens (including phenoxy) is 1. The monoisotopic (exact) mass is 440 g/mol. The Morgan fingerprint density at radius 3 is 2.70 bits per heavy atom. The lowest BCUT2D eigenvalue weighted by Crippen LogP contribution is -2.38. The Morgan fingerprint density at radius 1 is 1.12 bits per heavy atom. The van der Waals surface area contributed by atoms with Crippen LogP contribution in [0.1, 0.15) is 30.1 Å². The molecule has 5 rings (SSSR count). The maximum Gasteiger partial charge on any atom is 0.246 e. The normalized spacial score (nSPS) is 14.9. The molecule has 0 N–H and O–H groups in total. The Balaban J connectivity index is 1.23. The summed E-state index contributed by atoms with van der Waals surface area (Å²) in [5.74, 6) is 0.792. The summed E-state index contributed by atoms with van der Waals surface area (Å²) in [5, 5.41) is 1.27. The van der Waals surface area contributed by atoms with Crippen LogP contribution in [0, 0.1) is 6.92 Å². The van der Waals surface area contributed by atoms with Gasteiger partial charge >= 0.3 is 0 Å². The Kier molecular flexibility index (Phi) is 5.73. The molecule has 0 radical (unpaired) electrons. The highest BCUT2D eigenvalue weighted by atomic mass is 16.5. The van der Waals surface area contributed by atoms with Gasteiger partial charge in [0.1, 0.15) is 5.75 Å². The SMILES string of the molecule is COc1cc(/C=C/C(=O)N2CCC(n3ccc4ccccc43)CC2)ccc1-n1cnc(C)c1. The maximum absolute atomic E-state index is 12.8. The van der Waals surface area contributed by atoms with Gasteiger partial charge in [0.25, 0.3) is 0 Å². The fourth-order valence-electron chi connectivity index (χ4n) is 4.62. The minimum absolute atomic E-state index is 0.0547. The van der Waals surface area contributed by atoms with Crippen LogP contribution in [0.25, 0.3) is 22.7 Å². The number of carbonyl (C=O) groups is 1. The first-order valence-corrected chi connectivity index (χ1v) is 11.3. The molecule has 0 saturated carbocycles. The van der Waals surface area contributed by atoms with Gasteiger partial charge in [-0.2, -0.15) is 0 Å². The quantitative estimate of drug-likeness (QED) is 0.410. The predicted molar refractivity (Wildman–Crippen MR) is 131 cm³/mol. The predicted octanol–water partition coefficient (Wildman–Crippen LogP) is 5.02. The summed E-state index contributed by atoms with van der Waals surface area (Å²) in [6, 6.07) is 17.0. The van der Waals surface area contributed by atoms with Crippen LogP contribution >= 0.6 is 0 Å². The average Bonchev–Trinajstić information content (AvgIpc) is 3.49. The first-order valence-electron chi connectivity index (χ1n) is 11.3. The summed E-state index contributed by atoms with van der Waals surface area (Å²) < 4.78 is 9.87. The Labute approximate surface area is 193 Å². The molecule has 0 atom stereocenters. The number of aromatic nitrogens is 3. The van der Waals surface area contributed by atoms with Crippen molar-refractivity contribution in [3.63, 3.8) is 0 Å². The molecule has 6 nitrogen and oxygen atoms in total. The van der Waals surface area contributed by atoms with Gasteiger partial charge in [-0.05, 0) is 61.1 Å². The van der Waals surface area contributed by atoms with Gasteiger partial charge < -0.3 is 18.8 Å². The molecular weight excluding hydrogens is 412 g/mol. The molecule has 1 aliphatic rings. The third-order valence-electron chi connectivity index (χ3n) is 6.41. The molecule has 1 aliphatic heterocycles. The number of nitrogens with zero attached hydrogens (tertiary/aromatic N) is 4. The van der Waals surface area contributed by atoms with E-state index in [0.29, 0.717) is 6.04 Å². The number of likely N-dealkylation sites (tertiary alicyclic amines) is 1. The summed E-state index contributed by atoms with van der Waals surface area (Å²) in [5.41, 5.74) is 4.06. The number of amides is 1. The van der Waals surface area contributed by atoms with Crippen LogP contribution in [-0.4, -0.2) is 45.1 Å². The van der Waals surface area contributed by atoms with Crippen molar-refractivity contribution in [1.82, 2.24) is 19.0 Å². The third-order valence-corrected chi connectivity index (χ3v) is 6.41.